The predicted molar refractivity (Wildman–Crippen MR) is 75.0 cm³/mol. The fourth-order valence-corrected chi connectivity index (χ4v) is 2.39. The van der Waals surface area contributed by atoms with E-state index in [0.29, 0.717) is 0 Å². The van der Waals surface area contributed by atoms with Crippen molar-refractivity contribution in [1.29, 1.82) is 0 Å². The molecular weight excluding hydrogens is 256 g/mol. The summed E-state index contributed by atoms with van der Waals surface area (Å²) < 4.78 is 18.2. The normalized spacial score (nSPS) is 18.2. The van der Waals surface area contributed by atoms with Crippen molar-refractivity contribution in [2.75, 3.05) is 20.8 Å². The molecule has 2 aromatic rings. The van der Waals surface area contributed by atoms with Gasteiger partial charge in [-0.2, -0.15) is 0 Å². The Hall–Kier alpha value is -2.01. The van der Waals surface area contributed by atoms with Crippen molar-refractivity contribution in [2.24, 2.45) is 0 Å². The molecule has 0 N–H and O–H groups in total. The molecular formula is C15H18N2O3. The van der Waals surface area contributed by atoms with Crippen molar-refractivity contribution in [1.82, 2.24) is 9.55 Å². The number of rotatable bonds is 4. The number of hydrogen-bond donors (Lipinski definition) is 0. The third kappa shape index (κ3) is 2.49. The van der Waals surface area contributed by atoms with Gasteiger partial charge in [0.05, 0.1) is 26.2 Å². The molecule has 1 fully saturated rings. The molecule has 1 aliphatic rings. The van der Waals surface area contributed by atoms with Crippen LogP contribution < -0.4 is 9.47 Å². The number of imidazole rings is 1. The van der Waals surface area contributed by atoms with Crippen LogP contribution in [0.25, 0.3) is 11.3 Å². The topological polar surface area (TPSA) is 45.5 Å². The van der Waals surface area contributed by atoms with Crippen molar-refractivity contribution >= 4 is 0 Å². The summed E-state index contributed by atoms with van der Waals surface area (Å²) in [5.41, 5.74) is 1.86. The second-order valence-electron chi connectivity index (χ2n) is 4.78. The molecule has 1 aliphatic heterocycles. The Morgan fingerprint density at radius 1 is 1.20 bits per heavy atom. The number of nitrogens with zero attached hydrogens (tertiary/aromatic N) is 2. The van der Waals surface area contributed by atoms with E-state index in [2.05, 4.69) is 4.98 Å². The summed E-state index contributed by atoms with van der Waals surface area (Å²) in [4.78, 5) is 4.45. The van der Waals surface area contributed by atoms with E-state index >= 15 is 0 Å². The predicted octanol–water partition coefficient (Wildman–Crippen LogP) is 2.88. The Balaban J connectivity index is 1.92. The highest BCUT2D eigenvalue weighted by Crippen LogP contribution is 2.30. The minimum absolute atomic E-state index is 0.115. The molecule has 1 aromatic carbocycles. The highest BCUT2D eigenvalue weighted by molar-refractivity contribution is 5.63. The van der Waals surface area contributed by atoms with Gasteiger partial charge in [0.2, 0.25) is 0 Å². The first-order valence-electron chi connectivity index (χ1n) is 6.68. The first-order valence-corrected chi connectivity index (χ1v) is 6.68. The molecule has 106 valence electrons. The maximum atomic E-state index is 5.65. The summed E-state index contributed by atoms with van der Waals surface area (Å²) in [6, 6.07) is 5.75. The minimum Gasteiger partial charge on any atom is -0.497 e. The van der Waals surface area contributed by atoms with Crippen LogP contribution in [0.15, 0.2) is 30.7 Å². The summed E-state index contributed by atoms with van der Waals surface area (Å²) in [5, 5.41) is 0. The van der Waals surface area contributed by atoms with Crippen molar-refractivity contribution in [3.63, 3.8) is 0 Å². The first-order chi connectivity index (χ1) is 9.80. The molecule has 0 radical (unpaired) electrons. The summed E-state index contributed by atoms with van der Waals surface area (Å²) in [6.45, 7) is 0.825. The summed E-state index contributed by atoms with van der Waals surface area (Å²) >= 11 is 0. The zero-order valence-electron chi connectivity index (χ0n) is 11.7. The lowest BCUT2D eigenvalue weighted by atomic mass is 10.1. The minimum atomic E-state index is 0.115. The Labute approximate surface area is 118 Å². The second-order valence-corrected chi connectivity index (χ2v) is 4.78. The van der Waals surface area contributed by atoms with E-state index in [4.69, 9.17) is 14.2 Å². The highest BCUT2D eigenvalue weighted by Gasteiger charge is 2.18. The molecule has 20 heavy (non-hydrogen) atoms. The average molecular weight is 274 g/mol. The lowest BCUT2D eigenvalue weighted by molar-refractivity contribution is 0.0565. The van der Waals surface area contributed by atoms with Gasteiger partial charge in [0.15, 0.2) is 0 Å². The van der Waals surface area contributed by atoms with Gasteiger partial charge in [-0.25, -0.2) is 4.98 Å². The van der Waals surface area contributed by atoms with Gasteiger partial charge in [-0.05, 0) is 25.0 Å². The molecule has 5 heteroatoms. The Morgan fingerprint density at radius 2 is 1.95 bits per heavy atom. The first kappa shape index (κ1) is 13.0. The van der Waals surface area contributed by atoms with E-state index in [1.165, 1.54) is 0 Å². The standard InChI is InChI=1S/C15H18N2O3/c1-18-12-6-11(7-13(8-12)19-2)14-9-17(10-16-14)15-4-3-5-20-15/h6-10,15H,3-5H2,1-2H3. The van der Waals surface area contributed by atoms with E-state index in [1.54, 1.807) is 14.2 Å². The third-order valence-electron chi connectivity index (χ3n) is 3.49. The van der Waals surface area contributed by atoms with Gasteiger partial charge >= 0.3 is 0 Å². The molecule has 0 spiro atoms. The number of benzene rings is 1. The van der Waals surface area contributed by atoms with Gasteiger partial charge in [0, 0.05) is 24.4 Å². The molecule has 1 aromatic heterocycles. The third-order valence-corrected chi connectivity index (χ3v) is 3.49. The zero-order valence-corrected chi connectivity index (χ0v) is 11.7. The van der Waals surface area contributed by atoms with Crippen LogP contribution in [0.3, 0.4) is 0 Å². The lowest BCUT2D eigenvalue weighted by Gasteiger charge is -2.10. The number of ether oxygens (including phenoxy) is 3. The maximum absolute atomic E-state index is 5.65. The van der Waals surface area contributed by atoms with Crippen LogP contribution in [0.2, 0.25) is 0 Å². The summed E-state index contributed by atoms with van der Waals surface area (Å²) in [5.74, 6) is 1.51. The highest BCUT2D eigenvalue weighted by atomic mass is 16.5. The van der Waals surface area contributed by atoms with E-state index < -0.39 is 0 Å². The number of aromatic nitrogens is 2. The Bertz CT molecular complexity index is 566. The van der Waals surface area contributed by atoms with Gasteiger partial charge in [0.25, 0.3) is 0 Å². The second kappa shape index (κ2) is 5.54. The van der Waals surface area contributed by atoms with Crippen LogP contribution >= 0.6 is 0 Å². The SMILES string of the molecule is COc1cc(OC)cc(-c2cn(C3CCCO3)cn2)c1. The van der Waals surface area contributed by atoms with Crippen LogP contribution in [-0.4, -0.2) is 30.4 Å². The van der Waals surface area contributed by atoms with Crippen molar-refractivity contribution in [3.05, 3.63) is 30.7 Å². The van der Waals surface area contributed by atoms with E-state index in [0.717, 1.165) is 42.2 Å². The van der Waals surface area contributed by atoms with Crippen LogP contribution in [0.5, 0.6) is 11.5 Å². The Morgan fingerprint density at radius 3 is 2.55 bits per heavy atom. The smallest absolute Gasteiger partial charge is 0.134 e. The molecule has 0 saturated carbocycles. The molecule has 3 rings (SSSR count). The molecule has 0 amide bonds. The van der Waals surface area contributed by atoms with Gasteiger partial charge in [0.1, 0.15) is 17.7 Å². The van der Waals surface area contributed by atoms with Gasteiger partial charge < -0.3 is 18.8 Å². The zero-order chi connectivity index (χ0) is 13.9. The number of methoxy groups -OCH3 is 2. The van der Waals surface area contributed by atoms with E-state index in [1.807, 2.05) is 35.3 Å². The van der Waals surface area contributed by atoms with Crippen LogP contribution in [0.4, 0.5) is 0 Å². The van der Waals surface area contributed by atoms with E-state index in [-0.39, 0.29) is 6.23 Å². The van der Waals surface area contributed by atoms with Crippen LogP contribution in [-0.2, 0) is 4.74 Å². The summed E-state index contributed by atoms with van der Waals surface area (Å²) in [6.07, 6.45) is 6.08. The van der Waals surface area contributed by atoms with Crippen LogP contribution in [0, 0.1) is 0 Å². The largest absolute Gasteiger partial charge is 0.497 e. The van der Waals surface area contributed by atoms with Gasteiger partial charge in [-0.3, -0.25) is 0 Å². The lowest BCUT2D eigenvalue weighted by Crippen LogP contribution is -2.03. The van der Waals surface area contributed by atoms with Crippen LogP contribution in [0.1, 0.15) is 19.1 Å². The molecule has 1 unspecified atom stereocenters. The molecule has 0 aliphatic carbocycles. The fourth-order valence-electron chi connectivity index (χ4n) is 2.39. The van der Waals surface area contributed by atoms with Crippen molar-refractivity contribution in [2.45, 2.75) is 19.1 Å². The molecule has 5 nitrogen and oxygen atoms in total. The van der Waals surface area contributed by atoms with Gasteiger partial charge in [-0.15, -0.1) is 0 Å². The van der Waals surface area contributed by atoms with Crippen molar-refractivity contribution < 1.29 is 14.2 Å². The summed E-state index contributed by atoms with van der Waals surface area (Å²) in [7, 11) is 3.28. The monoisotopic (exact) mass is 274 g/mol. The van der Waals surface area contributed by atoms with E-state index in [9.17, 15) is 0 Å². The average Bonchev–Trinajstić information content (AvgIpc) is 3.17. The molecule has 2 heterocycles. The molecule has 0 bridgehead atoms. The number of hydrogen-bond acceptors (Lipinski definition) is 4. The van der Waals surface area contributed by atoms with Crippen molar-refractivity contribution in [3.8, 4) is 22.8 Å². The van der Waals surface area contributed by atoms with Gasteiger partial charge in [-0.1, -0.05) is 0 Å². The maximum Gasteiger partial charge on any atom is 0.134 e. The fraction of sp³-hybridized carbons (Fsp3) is 0.400. The molecule has 1 atom stereocenters. The Kier molecular flexibility index (Phi) is 3.60. The quantitative estimate of drug-likeness (QED) is 0.860. The molecule has 1 saturated heterocycles.